The first-order chi connectivity index (χ1) is 6.21. The van der Waals surface area contributed by atoms with Crippen molar-refractivity contribution in [1.29, 1.82) is 0 Å². The van der Waals surface area contributed by atoms with Gasteiger partial charge in [-0.25, -0.2) is 0 Å². The monoisotopic (exact) mass is 328 g/mol. The Morgan fingerprint density at radius 2 is 1.79 bits per heavy atom. The third-order valence-corrected chi connectivity index (χ3v) is 5.02. The second kappa shape index (κ2) is 3.67. The maximum absolute atomic E-state index is 10.8. The van der Waals surface area contributed by atoms with E-state index in [-0.39, 0.29) is 3.51 Å². The summed E-state index contributed by atoms with van der Waals surface area (Å²) in [6.07, 6.45) is 0. The molecule has 1 rings (SSSR count). The van der Waals surface area contributed by atoms with Crippen LogP contribution in [0.2, 0.25) is 0 Å². The predicted molar refractivity (Wildman–Crippen MR) is 46.8 cm³/mol. The number of rotatable bonds is 2. The van der Waals surface area contributed by atoms with Crippen LogP contribution in [0, 0.1) is 0 Å². The van der Waals surface area contributed by atoms with Crippen LogP contribution in [0.1, 0.15) is 0 Å². The fourth-order valence-corrected chi connectivity index (χ4v) is 3.29. The Labute approximate surface area is 85.1 Å². The molecule has 6 nitrogen and oxygen atoms in total. The van der Waals surface area contributed by atoms with Crippen molar-refractivity contribution in [2.45, 2.75) is 4.90 Å². The molecule has 8 heteroatoms. The van der Waals surface area contributed by atoms with Crippen molar-refractivity contribution in [2.24, 2.45) is 0 Å². The van der Waals surface area contributed by atoms with Crippen molar-refractivity contribution in [1.82, 2.24) is 0 Å². The van der Waals surface area contributed by atoms with Gasteiger partial charge in [0.1, 0.15) is 0 Å². The van der Waals surface area contributed by atoms with Crippen molar-refractivity contribution in [3.8, 4) is 0 Å². The van der Waals surface area contributed by atoms with Crippen LogP contribution in [0.5, 0.6) is 0 Å². The topological polar surface area (TPSA) is 112 Å². The van der Waals surface area contributed by atoms with Gasteiger partial charge in [0.05, 0.1) is 0 Å². The molecule has 0 spiro atoms. The second-order valence-electron chi connectivity index (χ2n) is 2.52. The Kier molecular flexibility index (Phi) is 3.08. The SMILES string of the molecule is O=S(=O)(O)c1ccc[c]([Sb](=[O])([OH])[OH])c1. The van der Waals surface area contributed by atoms with Crippen molar-refractivity contribution in [3.63, 3.8) is 0 Å². The van der Waals surface area contributed by atoms with Gasteiger partial charge >= 0.3 is 85.2 Å². The molecule has 1 aromatic rings. The Morgan fingerprint density at radius 1 is 1.21 bits per heavy atom. The van der Waals surface area contributed by atoms with E-state index in [1.807, 2.05) is 0 Å². The maximum atomic E-state index is 10.8. The number of benzene rings is 1. The first-order valence-electron chi connectivity index (χ1n) is 3.35. The molecule has 0 atom stereocenters. The van der Waals surface area contributed by atoms with Gasteiger partial charge in [0, 0.05) is 0 Å². The second-order valence-corrected chi connectivity index (χ2v) is 8.52. The minimum absolute atomic E-state index is 0.362. The van der Waals surface area contributed by atoms with Gasteiger partial charge < -0.3 is 0 Å². The molecule has 0 radical (unpaired) electrons. The van der Waals surface area contributed by atoms with Gasteiger partial charge in [-0.15, -0.1) is 0 Å². The molecule has 0 fully saturated rings. The average molecular weight is 329 g/mol. The van der Waals surface area contributed by atoms with Crippen molar-refractivity contribution in [3.05, 3.63) is 24.3 Å². The van der Waals surface area contributed by atoms with Gasteiger partial charge in [0.2, 0.25) is 0 Å². The Bertz CT molecular complexity index is 487. The van der Waals surface area contributed by atoms with E-state index in [1.165, 1.54) is 0 Å². The zero-order valence-corrected chi connectivity index (χ0v) is 10.1. The fourth-order valence-electron chi connectivity index (χ4n) is 0.825. The van der Waals surface area contributed by atoms with E-state index in [0.29, 0.717) is 0 Å². The molecule has 0 aliphatic carbocycles. The van der Waals surface area contributed by atoms with Gasteiger partial charge in [0.15, 0.2) is 0 Å². The summed E-state index contributed by atoms with van der Waals surface area (Å²) in [5.41, 5.74) is 0. The van der Waals surface area contributed by atoms with E-state index >= 15 is 0 Å². The first-order valence-corrected chi connectivity index (χ1v) is 9.39. The van der Waals surface area contributed by atoms with E-state index in [9.17, 15) is 11.4 Å². The van der Waals surface area contributed by atoms with Crippen LogP contribution in [0.4, 0.5) is 0 Å². The van der Waals surface area contributed by atoms with Crippen LogP contribution < -0.4 is 3.51 Å². The number of hydrogen-bond donors (Lipinski definition) is 3. The molecule has 0 saturated heterocycles. The van der Waals surface area contributed by atoms with Crippen molar-refractivity contribution >= 4 is 33.3 Å². The van der Waals surface area contributed by atoms with E-state index in [2.05, 4.69) is 0 Å². The zero-order chi connectivity index (χ0) is 11.0. The Balaban J connectivity index is 3.36. The molecule has 0 aliphatic rings. The molecule has 0 aliphatic heterocycles. The van der Waals surface area contributed by atoms with Gasteiger partial charge in [0.25, 0.3) is 0 Å². The third-order valence-electron chi connectivity index (χ3n) is 1.45. The Morgan fingerprint density at radius 3 is 2.21 bits per heavy atom. The van der Waals surface area contributed by atoms with Crippen LogP contribution in [0.25, 0.3) is 0 Å². The summed E-state index contributed by atoms with van der Waals surface area (Å²) in [7, 11) is -4.41. The molecular formula is C6H7O6SSb. The van der Waals surface area contributed by atoms with Crippen LogP contribution in [-0.2, 0) is 13.1 Å². The first kappa shape index (κ1) is 11.7. The molecular weight excluding hydrogens is 322 g/mol. The van der Waals surface area contributed by atoms with Gasteiger partial charge in [-0.3, -0.25) is 0 Å². The average Bonchev–Trinajstić information content (AvgIpc) is 2.01. The van der Waals surface area contributed by atoms with E-state index in [1.54, 1.807) is 0 Å². The summed E-state index contributed by atoms with van der Waals surface area (Å²) in [5.74, 6) is 0. The number of hydrogen-bond acceptors (Lipinski definition) is 3. The quantitative estimate of drug-likeness (QED) is 0.450. The zero-order valence-electron chi connectivity index (χ0n) is 6.73. The molecule has 0 amide bonds. The molecule has 1 aromatic carbocycles. The van der Waals surface area contributed by atoms with Gasteiger partial charge in [-0.2, -0.15) is 0 Å². The van der Waals surface area contributed by atoms with Crippen molar-refractivity contribution < 1.29 is 22.8 Å². The molecule has 0 bridgehead atoms. The summed E-state index contributed by atoms with van der Waals surface area (Å²) in [6.45, 7) is 0. The van der Waals surface area contributed by atoms with E-state index < -0.39 is 34.6 Å². The fraction of sp³-hybridized carbons (Fsp3) is 0. The molecule has 0 aromatic heterocycles. The van der Waals surface area contributed by atoms with Gasteiger partial charge in [-0.1, -0.05) is 0 Å². The summed E-state index contributed by atoms with van der Waals surface area (Å²) >= 11 is -5.38. The molecule has 0 heterocycles. The summed E-state index contributed by atoms with van der Waals surface area (Å²) in [6, 6.07) is 4.10. The summed E-state index contributed by atoms with van der Waals surface area (Å²) < 4.78 is 57.9. The third kappa shape index (κ3) is 2.83. The molecule has 14 heavy (non-hydrogen) atoms. The summed E-state index contributed by atoms with van der Waals surface area (Å²) in [4.78, 5) is -0.521. The Hall–Kier alpha value is -0.332. The molecule has 3 N–H and O–H groups in total. The molecule has 0 unspecified atom stereocenters. The molecule has 0 saturated carbocycles. The van der Waals surface area contributed by atoms with Crippen LogP contribution in [0.15, 0.2) is 29.2 Å². The van der Waals surface area contributed by atoms with E-state index in [0.717, 1.165) is 24.3 Å². The van der Waals surface area contributed by atoms with E-state index in [4.69, 9.17) is 11.3 Å². The summed E-state index contributed by atoms with van der Waals surface area (Å²) in [5, 5.41) is 0. The van der Waals surface area contributed by atoms with Crippen LogP contribution >= 0.6 is 0 Å². The predicted octanol–water partition coefficient (Wildman–Crippen LogP) is -1.51. The van der Waals surface area contributed by atoms with Crippen LogP contribution in [0.3, 0.4) is 0 Å². The van der Waals surface area contributed by atoms with Crippen LogP contribution in [-0.4, -0.2) is 39.4 Å². The van der Waals surface area contributed by atoms with Crippen molar-refractivity contribution in [2.75, 3.05) is 0 Å². The van der Waals surface area contributed by atoms with Gasteiger partial charge in [-0.05, 0) is 0 Å². The molecule has 78 valence electrons. The standard InChI is InChI=1S/C6H5O3S.2H2O.O.Sb/c7-10(8,9)6-4-2-1-3-5-6;;;;/h1-2,4-5H,(H,7,8,9);2*1H2;;/q;;;;+2/p-2. The minimum atomic E-state index is -5.38. The normalized spacial score (nSPS) is 12.8.